The average Bonchev–Trinajstić information content (AvgIpc) is 2.46. The van der Waals surface area contributed by atoms with Crippen molar-refractivity contribution >= 4 is 11.9 Å². The van der Waals surface area contributed by atoms with Gasteiger partial charge in [0, 0.05) is 13.1 Å². The minimum Gasteiger partial charge on any atom is -0.478 e. The van der Waals surface area contributed by atoms with Crippen LogP contribution in [0.3, 0.4) is 0 Å². The second kappa shape index (κ2) is 9.13. The van der Waals surface area contributed by atoms with Crippen molar-refractivity contribution in [2.45, 2.75) is 26.7 Å². The number of amides is 1. The summed E-state index contributed by atoms with van der Waals surface area (Å²) in [4.78, 5) is 25.2. The third-order valence-corrected chi connectivity index (χ3v) is 3.34. The van der Waals surface area contributed by atoms with Crippen molar-refractivity contribution in [2.75, 3.05) is 26.2 Å². The lowest BCUT2D eigenvalue weighted by molar-refractivity contribution is -0.120. The van der Waals surface area contributed by atoms with Crippen molar-refractivity contribution in [2.24, 2.45) is 0 Å². The molecule has 0 saturated carbocycles. The molecule has 5 nitrogen and oxygen atoms in total. The zero-order valence-corrected chi connectivity index (χ0v) is 12.8. The molecule has 2 N–H and O–H groups in total. The molecule has 0 spiro atoms. The molecule has 21 heavy (non-hydrogen) atoms. The van der Waals surface area contributed by atoms with Crippen LogP contribution >= 0.6 is 0 Å². The number of rotatable bonds is 9. The quantitative estimate of drug-likeness (QED) is 0.728. The number of benzene rings is 1. The SMILES string of the molecule is CCCN(CC)CCNC(=O)Cc1ccccc1C(=O)O. The summed E-state index contributed by atoms with van der Waals surface area (Å²) in [5, 5.41) is 11.9. The summed E-state index contributed by atoms with van der Waals surface area (Å²) in [6.45, 7) is 7.61. The Morgan fingerprint density at radius 3 is 2.52 bits per heavy atom. The van der Waals surface area contributed by atoms with Crippen molar-refractivity contribution in [1.29, 1.82) is 0 Å². The monoisotopic (exact) mass is 292 g/mol. The lowest BCUT2D eigenvalue weighted by Crippen LogP contribution is -2.36. The van der Waals surface area contributed by atoms with Crippen LogP contribution in [0.25, 0.3) is 0 Å². The summed E-state index contributed by atoms with van der Waals surface area (Å²) in [5.41, 5.74) is 0.734. The lowest BCUT2D eigenvalue weighted by Gasteiger charge is -2.19. The highest BCUT2D eigenvalue weighted by Gasteiger charge is 2.12. The third-order valence-electron chi connectivity index (χ3n) is 3.34. The van der Waals surface area contributed by atoms with Crippen LogP contribution in [0.15, 0.2) is 24.3 Å². The zero-order valence-electron chi connectivity index (χ0n) is 12.8. The topological polar surface area (TPSA) is 69.6 Å². The molecular formula is C16H24N2O3. The molecular weight excluding hydrogens is 268 g/mol. The number of carbonyl (C=O) groups excluding carboxylic acids is 1. The number of hydrogen-bond acceptors (Lipinski definition) is 3. The van der Waals surface area contributed by atoms with Gasteiger partial charge < -0.3 is 15.3 Å². The van der Waals surface area contributed by atoms with E-state index in [1.807, 2.05) is 0 Å². The summed E-state index contributed by atoms with van der Waals surface area (Å²) in [6, 6.07) is 6.60. The van der Waals surface area contributed by atoms with Gasteiger partial charge in [-0.2, -0.15) is 0 Å². The first-order valence-corrected chi connectivity index (χ1v) is 7.38. The minimum absolute atomic E-state index is 0.0996. The molecule has 1 rings (SSSR count). The summed E-state index contributed by atoms with van der Waals surface area (Å²) >= 11 is 0. The van der Waals surface area contributed by atoms with Crippen LogP contribution in [0.1, 0.15) is 36.2 Å². The van der Waals surface area contributed by atoms with Gasteiger partial charge in [0.2, 0.25) is 5.91 Å². The Balaban J connectivity index is 2.46. The van der Waals surface area contributed by atoms with Crippen LogP contribution in [0.4, 0.5) is 0 Å². The summed E-state index contributed by atoms with van der Waals surface area (Å²) < 4.78 is 0. The largest absolute Gasteiger partial charge is 0.478 e. The van der Waals surface area contributed by atoms with Gasteiger partial charge >= 0.3 is 5.97 Å². The van der Waals surface area contributed by atoms with Gasteiger partial charge in [-0.3, -0.25) is 4.79 Å². The van der Waals surface area contributed by atoms with E-state index in [1.165, 1.54) is 6.07 Å². The van der Waals surface area contributed by atoms with Gasteiger partial charge in [0.15, 0.2) is 0 Å². The molecule has 0 unspecified atom stereocenters. The zero-order chi connectivity index (χ0) is 15.7. The molecule has 0 aliphatic rings. The predicted molar refractivity (Wildman–Crippen MR) is 82.5 cm³/mol. The fourth-order valence-electron chi connectivity index (χ4n) is 2.22. The maximum absolute atomic E-state index is 11.9. The maximum atomic E-state index is 11.9. The van der Waals surface area contributed by atoms with Gasteiger partial charge in [0.05, 0.1) is 12.0 Å². The van der Waals surface area contributed by atoms with Crippen molar-refractivity contribution in [1.82, 2.24) is 10.2 Å². The first kappa shape index (κ1) is 17.2. The molecule has 0 aliphatic carbocycles. The number of hydrogen-bond donors (Lipinski definition) is 2. The first-order chi connectivity index (χ1) is 10.1. The minimum atomic E-state index is -1.00. The number of likely N-dealkylation sites (N-methyl/N-ethyl adjacent to an activating group) is 1. The van der Waals surface area contributed by atoms with E-state index in [4.69, 9.17) is 5.11 Å². The van der Waals surface area contributed by atoms with Crippen LogP contribution in [-0.4, -0.2) is 48.1 Å². The Bertz CT molecular complexity index is 474. The van der Waals surface area contributed by atoms with Gasteiger partial charge in [-0.25, -0.2) is 4.79 Å². The maximum Gasteiger partial charge on any atom is 0.335 e. The summed E-state index contributed by atoms with van der Waals surface area (Å²) in [5.74, 6) is -1.14. The van der Waals surface area contributed by atoms with E-state index >= 15 is 0 Å². The van der Waals surface area contributed by atoms with Gasteiger partial charge in [-0.15, -0.1) is 0 Å². The first-order valence-electron chi connectivity index (χ1n) is 7.38. The van der Waals surface area contributed by atoms with Gasteiger partial charge in [0.1, 0.15) is 0 Å². The van der Waals surface area contributed by atoms with E-state index in [0.717, 1.165) is 26.1 Å². The Labute approximate surface area is 126 Å². The smallest absolute Gasteiger partial charge is 0.335 e. The number of carbonyl (C=O) groups is 2. The molecule has 0 aliphatic heterocycles. The second-order valence-electron chi connectivity index (χ2n) is 4.92. The number of aromatic carboxylic acids is 1. The van der Waals surface area contributed by atoms with Crippen LogP contribution in [0, 0.1) is 0 Å². The molecule has 0 atom stereocenters. The Morgan fingerprint density at radius 1 is 1.19 bits per heavy atom. The summed E-state index contributed by atoms with van der Waals surface area (Å²) in [7, 11) is 0. The third kappa shape index (κ3) is 5.95. The lowest BCUT2D eigenvalue weighted by atomic mass is 10.0. The van der Waals surface area contributed by atoms with E-state index in [-0.39, 0.29) is 17.9 Å². The molecule has 1 amide bonds. The molecule has 1 aromatic carbocycles. The van der Waals surface area contributed by atoms with Crippen LogP contribution in [0.2, 0.25) is 0 Å². The number of nitrogens with one attached hydrogen (secondary N) is 1. The van der Waals surface area contributed by atoms with Gasteiger partial charge in [0.25, 0.3) is 0 Å². The fourth-order valence-corrected chi connectivity index (χ4v) is 2.22. The van der Waals surface area contributed by atoms with Crippen molar-refractivity contribution in [3.05, 3.63) is 35.4 Å². The highest BCUT2D eigenvalue weighted by molar-refractivity contribution is 5.91. The molecule has 1 aromatic rings. The molecule has 5 heteroatoms. The summed E-state index contributed by atoms with van der Waals surface area (Å²) in [6.07, 6.45) is 1.19. The molecule has 0 fully saturated rings. The predicted octanol–water partition coefficient (Wildman–Crippen LogP) is 1.78. The van der Waals surface area contributed by atoms with Crippen LogP contribution in [-0.2, 0) is 11.2 Å². The second-order valence-corrected chi connectivity index (χ2v) is 4.92. The number of carboxylic acid groups (broad SMARTS) is 1. The molecule has 0 radical (unpaired) electrons. The number of carboxylic acids is 1. The average molecular weight is 292 g/mol. The van der Waals surface area contributed by atoms with Crippen LogP contribution in [0.5, 0.6) is 0 Å². The van der Waals surface area contributed by atoms with E-state index in [1.54, 1.807) is 18.2 Å². The normalized spacial score (nSPS) is 10.6. The fraction of sp³-hybridized carbons (Fsp3) is 0.500. The standard InChI is InChI=1S/C16H24N2O3/c1-3-10-18(4-2)11-9-17-15(19)12-13-7-5-6-8-14(13)16(20)21/h5-8H,3-4,9-12H2,1-2H3,(H,17,19)(H,20,21). The van der Waals surface area contributed by atoms with Crippen molar-refractivity contribution < 1.29 is 14.7 Å². The van der Waals surface area contributed by atoms with Crippen molar-refractivity contribution in [3.8, 4) is 0 Å². The van der Waals surface area contributed by atoms with E-state index in [2.05, 4.69) is 24.1 Å². The Morgan fingerprint density at radius 2 is 1.90 bits per heavy atom. The molecule has 0 aromatic heterocycles. The Kier molecular flexibility index (Phi) is 7.46. The number of nitrogens with zero attached hydrogens (tertiary/aromatic N) is 1. The van der Waals surface area contributed by atoms with Gasteiger partial charge in [-0.1, -0.05) is 32.0 Å². The molecule has 0 saturated heterocycles. The Hall–Kier alpha value is -1.88. The molecule has 0 bridgehead atoms. The highest BCUT2D eigenvalue weighted by Crippen LogP contribution is 2.09. The van der Waals surface area contributed by atoms with E-state index in [9.17, 15) is 9.59 Å². The van der Waals surface area contributed by atoms with Crippen LogP contribution < -0.4 is 5.32 Å². The highest BCUT2D eigenvalue weighted by atomic mass is 16.4. The van der Waals surface area contributed by atoms with E-state index in [0.29, 0.717) is 12.1 Å². The van der Waals surface area contributed by atoms with E-state index < -0.39 is 5.97 Å². The molecule has 116 valence electrons. The van der Waals surface area contributed by atoms with Crippen molar-refractivity contribution in [3.63, 3.8) is 0 Å². The van der Waals surface area contributed by atoms with Gasteiger partial charge in [-0.05, 0) is 31.1 Å². The molecule has 0 heterocycles.